The average molecular weight is 330 g/mol. The van der Waals surface area contributed by atoms with Crippen LogP contribution in [-0.2, 0) is 0 Å². The van der Waals surface area contributed by atoms with Crippen LogP contribution in [0.1, 0.15) is 10.5 Å². The number of nitrogens with zero attached hydrogens (tertiary/aromatic N) is 1. The largest absolute Gasteiger partial charge is 0.332 e. The molecule has 0 atom stereocenters. The summed E-state index contributed by atoms with van der Waals surface area (Å²) in [6.07, 6.45) is 0. The van der Waals surface area contributed by atoms with Gasteiger partial charge in [0.25, 0.3) is 5.91 Å². The van der Waals surface area contributed by atoms with Gasteiger partial charge in [-0.15, -0.1) is 11.3 Å². The Balaban J connectivity index is 1.69. The topological polar surface area (TPSA) is 54.0 Å². The molecule has 0 spiro atoms. The van der Waals surface area contributed by atoms with Gasteiger partial charge in [-0.25, -0.2) is 4.98 Å². The quantitative estimate of drug-likeness (QED) is 0.723. The van der Waals surface area contributed by atoms with Gasteiger partial charge in [0, 0.05) is 21.8 Å². The van der Waals surface area contributed by atoms with Crippen LogP contribution in [0, 0.1) is 0 Å². The van der Waals surface area contributed by atoms with Gasteiger partial charge in [-0.3, -0.25) is 4.79 Å². The van der Waals surface area contributed by atoms with Crippen molar-refractivity contribution in [2.75, 3.05) is 10.6 Å². The second kappa shape index (κ2) is 6.60. The van der Waals surface area contributed by atoms with Crippen LogP contribution >= 0.6 is 22.9 Å². The standard InChI is InChI=1S/C16H12ClN3OS/c17-11-5-4-8-13(9-11)18-15(21)14-10-22-16(20-14)19-12-6-2-1-3-7-12/h1-10H,(H,18,21)(H,19,20). The smallest absolute Gasteiger partial charge is 0.275 e. The third-order valence-electron chi connectivity index (χ3n) is 2.84. The summed E-state index contributed by atoms with van der Waals surface area (Å²) in [5, 5.41) is 8.88. The summed E-state index contributed by atoms with van der Waals surface area (Å²) in [7, 11) is 0. The highest BCUT2D eigenvalue weighted by molar-refractivity contribution is 7.14. The zero-order chi connectivity index (χ0) is 15.4. The van der Waals surface area contributed by atoms with E-state index in [1.165, 1.54) is 11.3 Å². The maximum Gasteiger partial charge on any atom is 0.275 e. The van der Waals surface area contributed by atoms with Gasteiger partial charge < -0.3 is 10.6 Å². The summed E-state index contributed by atoms with van der Waals surface area (Å²) in [5.41, 5.74) is 1.94. The second-order valence-electron chi connectivity index (χ2n) is 4.49. The minimum absolute atomic E-state index is 0.264. The van der Waals surface area contributed by atoms with Gasteiger partial charge in [0.2, 0.25) is 0 Å². The lowest BCUT2D eigenvalue weighted by Crippen LogP contribution is -2.12. The zero-order valence-corrected chi connectivity index (χ0v) is 13.0. The molecule has 2 aromatic carbocycles. The van der Waals surface area contributed by atoms with Crippen LogP contribution in [0.15, 0.2) is 60.0 Å². The fourth-order valence-corrected chi connectivity index (χ4v) is 2.74. The van der Waals surface area contributed by atoms with E-state index < -0.39 is 0 Å². The first-order valence-electron chi connectivity index (χ1n) is 6.55. The number of carbonyl (C=O) groups excluding carboxylic acids is 1. The molecule has 0 radical (unpaired) electrons. The van der Waals surface area contributed by atoms with Crippen molar-refractivity contribution in [1.29, 1.82) is 0 Å². The maximum absolute atomic E-state index is 12.2. The highest BCUT2D eigenvalue weighted by Crippen LogP contribution is 2.22. The van der Waals surface area contributed by atoms with E-state index in [-0.39, 0.29) is 5.91 Å². The molecule has 4 nitrogen and oxygen atoms in total. The Bertz CT molecular complexity index is 789. The fourth-order valence-electron chi connectivity index (χ4n) is 1.84. The molecule has 110 valence electrons. The Labute approximate surface area is 136 Å². The van der Waals surface area contributed by atoms with Gasteiger partial charge in [0.1, 0.15) is 5.69 Å². The molecular formula is C16H12ClN3OS. The normalized spacial score (nSPS) is 10.2. The Morgan fingerprint density at radius 1 is 1.05 bits per heavy atom. The molecule has 0 saturated heterocycles. The molecule has 3 aromatic rings. The Morgan fingerprint density at radius 2 is 1.82 bits per heavy atom. The fraction of sp³-hybridized carbons (Fsp3) is 0. The number of hydrogen-bond donors (Lipinski definition) is 2. The minimum atomic E-state index is -0.264. The number of hydrogen-bond acceptors (Lipinski definition) is 4. The molecule has 6 heteroatoms. The Kier molecular flexibility index (Phi) is 4.37. The molecule has 3 rings (SSSR count). The van der Waals surface area contributed by atoms with E-state index in [0.717, 1.165) is 5.69 Å². The third kappa shape index (κ3) is 3.63. The summed E-state index contributed by atoms with van der Waals surface area (Å²) < 4.78 is 0. The first-order valence-corrected chi connectivity index (χ1v) is 7.81. The van der Waals surface area contributed by atoms with Crippen molar-refractivity contribution in [3.63, 3.8) is 0 Å². The molecule has 0 aliphatic rings. The molecular weight excluding hydrogens is 318 g/mol. The van der Waals surface area contributed by atoms with Gasteiger partial charge in [0.15, 0.2) is 5.13 Å². The van der Waals surface area contributed by atoms with E-state index in [0.29, 0.717) is 21.5 Å². The number of thiazole rings is 1. The lowest BCUT2D eigenvalue weighted by atomic mass is 10.3. The molecule has 1 aromatic heterocycles. The summed E-state index contributed by atoms with van der Waals surface area (Å²) in [6.45, 7) is 0. The number of aromatic nitrogens is 1. The van der Waals surface area contributed by atoms with E-state index in [2.05, 4.69) is 15.6 Å². The Morgan fingerprint density at radius 3 is 2.59 bits per heavy atom. The molecule has 2 N–H and O–H groups in total. The van der Waals surface area contributed by atoms with E-state index in [4.69, 9.17) is 11.6 Å². The number of amides is 1. The highest BCUT2D eigenvalue weighted by Gasteiger charge is 2.11. The maximum atomic E-state index is 12.2. The van der Waals surface area contributed by atoms with Gasteiger partial charge in [-0.1, -0.05) is 35.9 Å². The first-order chi connectivity index (χ1) is 10.7. The van der Waals surface area contributed by atoms with E-state index in [9.17, 15) is 4.79 Å². The van der Waals surface area contributed by atoms with Crippen molar-refractivity contribution >= 4 is 45.4 Å². The van der Waals surface area contributed by atoms with Gasteiger partial charge in [-0.2, -0.15) is 0 Å². The first kappa shape index (κ1) is 14.6. The molecule has 0 unspecified atom stereocenters. The molecule has 1 heterocycles. The summed E-state index contributed by atoms with van der Waals surface area (Å²) >= 11 is 7.27. The third-order valence-corrected chi connectivity index (χ3v) is 3.84. The monoisotopic (exact) mass is 329 g/mol. The van der Waals surface area contributed by atoms with Gasteiger partial charge in [-0.05, 0) is 30.3 Å². The summed E-state index contributed by atoms with van der Waals surface area (Å²) in [6, 6.07) is 16.7. The van der Waals surface area contributed by atoms with Crippen LogP contribution in [-0.4, -0.2) is 10.9 Å². The minimum Gasteiger partial charge on any atom is -0.332 e. The number of anilines is 3. The van der Waals surface area contributed by atoms with Gasteiger partial charge in [0.05, 0.1) is 0 Å². The van der Waals surface area contributed by atoms with Crippen molar-refractivity contribution in [2.45, 2.75) is 0 Å². The molecule has 0 aliphatic carbocycles. The lowest BCUT2D eigenvalue weighted by molar-refractivity contribution is 0.102. The molecule has 1 amide bonds. The molecule has 0 fully saturated rings. The number of para-hydroxylation sites is 1. The van der Waals surface area contributed by atoms with Crippen molar-refractivity contribution in [3.05, 3.63) is 70.7 Å². The average Bonchev–Trinajstić information content (AvgIpc) is 2.97. The van der Waals surface area contributed by atoms with Crippen LogP contribution < -0.4 is 10.6 Å². The van der Waals surface area contributed by atoms with Crippen molar-refractivity contribution < 1.29 is 4.79 Å². The molecule has 0 bridgehead atoms. The van der Waals surface area contributed by atoms with Crippen LogP contribution in [0.2, 0.25) is 5.02 Å². The van der Waals surface area contributed by atoms with Crippen LogP contribution in [0.25, 0.3) is 0 Å². The summed E-state index contributed by atoms with van der Waals surface area (Å²) in [5.74, 6) is -0.264. The predicted molar refractivity (Wildman–Crippen MR) is 91.2 cm³/mol. The second-order valence-corrected chi connectivity index (χ2v) is 5.79. The van der Waals surface area contributed by atoms with Crippen LogP contribution in [0.3, 0.4) is 0 Å². The van der Waals surface area contributed by atoms with E-state index in [1.807, 2.05) is 30.3 Å². The number of nitrogens with one attached hydrogen (secondary N) is 2. The number of halogens is 1. The molecule has 0 saturated carbocycles. The highest BCUT2D eigenvalue weighted by atomic mass is 35.5. The number of benzene rings is 2. The van der Waals surface area contributed by atoms with Crippen molar-refractivity contribution in [2.24, 2.45) is 0 Å². The SMILES string of the molecule is O=C(Nc1cccc(Cl)c1)c1csc(Nc2ccccc2)n1. The van der Waals surface area contributed by atoms with E-state index in [1.54, 1.807) is 29.6 Å². The zero-order valence-electron chi connectivity index (χ0n) is 11.4. The lowest BCUT2D eigenvalue weighted by Gasteiger charge is -2.03. The number of carbonyl (C=O) groups is 1. The predicted octanol–water partition coefficient (Wildman–Crippen LogP) is 4.79. The molecule has 22 heavy (non-hydrogen) atoms. The van der Waals surface area contributed by atoms with Crippen LogP contribution in [0.5, 0.6) is 0 Å². The molecule has 0 aliphatic heterocycles. The van der Waals surface area contributed by atoms with Gasteiger partial charge >= 0.3 is 0 Å². The van der Waals surface area contributed by atoms with E-state index >= 15 is 0 Å². The summed E-state index contributed by atoms with van der Waals surface area (Å²) in [4.78, 5) is 16.4. The van der Waals surface area contributed by atoms with Crippen molar-refractivity contribution in [1.82, 2.24) is 4.98 Å². The van der Waals surface area contributed by atoms with Crippen LogP contribution in [0.4, 0.5) is 16.5 Å². The Hall–Kier alpha value is -2.37. The van der Waals surface area contributed by atoms with Crippen molar-refractivity contribution in [3.8, 4) is 0 Å². The number of rotatable bonds is 4.